The highest BCUT2D eigenvalue weighted by atomic mass is 35.5. The van der Waals surface area contributed by atoms with Gasteiger partial charge in [-0.3, -0.25) is 9.36 Å². The number of nitrogens with one attached hydrogen (secondary N) is 1. The first-order valence-electron chi connectivity index (χ1n) is 9.38. The van der Waals surface area contributed by atoms with Gasteiger partial charge in [0.25, 0.3) is 5.56 Å². The molecule has 0 amide bonds. The van der Waals surface area contributed by atoms with Crippen molar-refractivity contribution in [3.63, 3.8) is 0 Å². The van der Waals surface area contributed by atoms with Gasteiger partial charge in [-0.25, -0.2) is 15.0 Å². The average Bonchev–Trinajstić information content (AvgIpc) is 3.25. The highest BCUT2D eigenvalue weighted by Crippen LogP contribution is 2.22. The van der Waals surface area contributed by atoms with E-state index in [4.69, 9.17) is 17.3 Å². The van der Waals surface area contributed by atoms with E-state index in [0.29, 0.717) is 27.4 Å². The van der Waals surface area contributed by atoms with Crippen LogP contribution in [-0.2, 0) is 6.42 Å². The quantitative estimate of drug-likeness (QED) is 0.448. The molecule has 0 saturated carbocycles. The molecule has 0 fully saturated rings. The molecule has 8 heteroatoms. The number of aromatic nitrogens is 5. The van der Waals surface area contributed by atoms with Crippen molar-refractivity contribution in [2.24, 2.45) is 0 Å². The smallest absolute Gasteiger partial charge is 0.264 e. The summed E-state index contributed by atoms with van der Waals surface area (Å²) < 4.78 is 1.74. The fourth-order valence-electron chi connectivity index (χ4n) is 3.28. The van der Waals surface area contributed by atoms with Gasteiger partial charge in [0.05, 0.1) is 16.7 Å². The number of nitrogen functional groups attached to an aromatic ring is 1. The third-order valence-corrected chi connectivity index (χ3v) is 5.02. The largest absolute Gasteiger partial charge is 0.382 e. The van der Waals surface area contributed by atoms with Crippen LogP contribution < -0.4 is 11.3 Å². The molecular weight excluding hydrogens is 400 g/mol. The van der Waals surface area contributed by atoms with E-state index < -0.39 is 0 Å². The molecule has 3 N–H and O–H groups in total. The van der Waals surface area contributed by atoms with E-state index >= 15 is 0 Å². The summed E-state index contributed by atoms with van der Waals surface area (Å²) in [6.45, 7) is 2.05. The third-order valence-electron chi connectivity index (χ3n) is 4.70. The van der Waals surface area contributed by atoms with E-state index in [9.17, 15) is 4.79 Å². The maximum Gasteiger partial charge on any atom is 0.264 e. The van der Waals surface area contributed by atoms with Crippen LogP contribution in [0.1, 0.15) is 12.6 Å². The highest BCUT2D eigenvalue weighted by Gasteiger charge is 2.11. The molecule has 0 unspecified atom stereocenters. The molecule has 3 heterocycles. The lowest BCUT2D eigenvalue weighted by Gasteiger charge is -2.14. The van der Waals surface area contributed by atoms with E-state index in [1.807, 2.05) is 55.5 Å². The van der Waals surface area contributed by atoms with Crippen molar-refractivity contribution in [3.05, 3.63) is 88.3 Å². The van der Waals surface area contributed by atoms with Gasteiger partial charge in [-0.2, -0.15) is 0 Å². The lowest BCUT2D eigenvalue weighted by molar-refractivity contribution is 0.889. The van der Waals surface area contributed by atoms with Crippen LogP contribution in [0.5, 0.6) is 0 Å². The Kier molecular flexibility index (Phi) is 5.45. The van der Waals surface area contributed by atoms with Crippen LogP contribution in [0.4, 0.5) is 5.82 Å². The highest BCUT2D eigenvalue weighted by molar-refractivity contribution is 6.35. The van der Waals surface area contributed by atoms with Crippen LogP contribution in [0.15, 0.2) is 72.0 Å². The molecule has 150 valence electrons. The maximum atomic E-state index is 12.8. The molecule has 7 nitrogen and oxygen atoms in total. The predicted octanol–water partition coefficient (Wildman–Crippen LogP) is 4.14. The average molecular weight is 419 g/mol. The van der Waals surface area contributed by atoms with Crippen molar-refractivity contribution in [3.8, 4) is 5.69 Å². The second-order valence-electron chi connectivity index (χ2n) is 6.53. The minimum atomic E-state index is -0.0591. The Balaban J connectivity index is 0.000000181. The zero-order valence-electron chi connectivity index (χ0n) is 16.2. The van der Waals surface area contributed by atoms with E-state index in [1.54, 1.807) is 10.6 Å². The summed E-state index contributed by atoms with van der Waals surface area (Å²) in [5, 5.41) is 1.97. The van der Waals surface area contributed by atoms with Gasteiger partial charge in [-0.15, -0.1) is 0 Å². The van der Waals surface area contributed by atoms with Crippen LogP contribution in [-0.4, -0.2) is 24.5 Å². The van der Waals surface area contributed by atoms with Crippen molar-refractivity contribution in [2.45, 2.75) is 13.3 Å². The summed E-state index contributed by atoms with van der Waals surface area (Å²) >= 11 is 6.20. The normalized spacial score (nSPS) is 10.7. The number of nitrogens with two attached hydrogens (primary N) is 1. The molecule has 5 rings (SSSR count). The molecule has 30 heavy (non-hydrogen) atoms. The van der Waals surface area contributed by atoms with Gasteiger partial charge in [0.15, 0.2) is 11.5 Å². The van der Waals surface area contributed by atoms with Crippen LogP contribution in [0.3, 0.4) is 0 Å². The van der Waals surface area contributed by atoms with Gasteiger partial charge in [-0.1, -0.05) is 48.9 Å². The van der Waals surface area contributed by atoms with Crippen LogP contribution >= 0.6 is 11.6 Å². The summed E-state index contributed by atoms with van der Waals surface area (Å²) in [5.41, 5.74) is 8.57. The first kappa shape index (κ1) is 19.6. The van der Waals surface area contributed by atoms with Gasteiger partial charge in [-0.05, 0) is 36.1 Å². The predicted molar refractivity (Wildman–Crippen MR) is 120 cm³/mol. The summed E-state index contributed by atoms with van der Waals surface area (Å²) in [5.74, 6) is 0.433. The first-order chi connectivity index (χ1) is 14.6. The minimum Gasteiger partial charge on any atom is -0.382 e. The summed E-state index contributed by atoms with van der Waals surface area (Å²) in [6, 6.07) is 17.3. The molecule has 0 radical (unpaired) electrons. The number of aromatic amines is 1. The molecule has 0 aliphatic carbocycles. The number of halogens is 1. The van der Waals surface area contributed by atoms with E-state index in [1.165, 1.54) is 12.7 Å². The van der Waals surface area contributed by atoms with Crippen LogP contribution in [0.2, 0.25) is 5.02 Å². The van der Waals surface area contributed by atoms with E-state index in [0.717, 1.165) is 23.2 Å². The molecule has 0 aliphatic rings. The lowest BCUT2D eigenvalue weighted by Crippen LogP contribution is -2.22. The SMILES string of the molecule is CCc1cc2cccc(Cl)c2c(=O)n1-c1ccccc1.Nc1ncnc2nc[nH]c12. The Morgan fingerprint density at radius 1 is 1.07 bits per heavy atom. The number of imidazole rings is 1. The Hall–Kier alpha value is -3.71. The van der Waals surface area contributed by atoms with E-state index in [2.05, 4.69) is 19.9 Å². The molecule has 0 aliphatic heterocycles. The zero-order chi connectivity index (χ0) is 21.1. The molecule has 0 spiro atoms. The van der Waals surface area contributed by atoms with Gasteiger partial charge in [0.2, 0.25) is 0 Å². The number of H-pyrrole nitrogens is 1. The summed E-state index contributed by atoms with van der Waals surface area (Å²) in [4.78, 5) is 27.2. The number of pyridine rings is 1. The molecule has 5 aromatic rings. The van der Waals surface area contributed by atoms with Crippen molar-refractivity contribution in [2.75, 3.05) is 5.73 Å². The molecule has 0 bridgehead atoms. The number of hydrogen-bond donors (Lipinski definition) is 2. The molecule has 0 atom stereocenters. The number of benzene rings is 2. The third kappa shape index (κ3) is 3.62. The lowest BCUT2D eigenvalue weighted by atomic mass is 10.1. The summed E-state index contributed by atoms with van der Waals surface area (Å²) in [6.07, 6.45) is 3.71. The van der Waals surface area contributed by atoms with Crippen molar-refractivity contribution >= 4 is 39.4 Å². The van der Waals surface area contributed by atoms with Gasteiger partial charge < -0.3 is 10.7 Å². The fourth-order valence-corrected chi connectivity index (χ4v) is 3.54. The van der Waals surface area contributed by atoms with Crippen molar-refractivity contribution in [1.29, 1.82) is 0 Å². The Morgan fingerprint density at radius 3 is 2.60 bits per heavy atom. The minimum absolute atomic E-state index is 0.0591. The van der Waals surface area contributed by atoms with Crippen LogP contribution in [0.25, 0.3) is 27.6 Å². The van der Waals surface area contributed by atoms with Crippen molar-refractivity contribution in [1.82, 2.24) is 24.5 Å². The second-order valence-corrected chi connectivity index (χ2v) is 6.94. The van der Waals surface area contributed by atoms with Gasteiger partial charge in [0, 0.05) is 11.4 Å². The molecule has 0 saturated heterocycles. The first-order valence-corrected chi connectivity index (χ1v) is 9.76. The number of hydrogen-bond acceptors (Lipinski definition) is 5. The van der Waals surface area contributed by atoms with Gasteiger partial charge >= 0.3 is 0 Å². The molecular formula is C22H19ClN6O. The Labute approximate surface area is 177 Å². The Bertz CT molecular complexity index is 1380. The summed E-state index contributed by atoms with van der Waals surface area (Å²) in [7, 11) is 0. The van der Waals surface area contributed by atoms with E-state index in [-0.39, 0.29) is 5.56 Å². The number of nitrogens with zero attached hydrogens (tertiary/aromatic N) is 4. The standard InChI is InChI=1S/C17H14ClNO.C5H5N5/c1-2-13-11-12-7-6-10-15(18)16(12)17(20)19(13)14-8-4-3-5-9-14;6-4-3-5(9-1-7-3)10-2-8-4/h3-11H,2H2,1H3;1-2H,(H3,6,7,8,9,10). The number of aryl methyl sites for hydroxylation is 1. The fraction of sp³-hybridized carbons (Fsp3) is 0.0909. The maximum absolute atomic E-state index is 12.8. The Morgan fingerprint density at radius 2 is 1.87 bits per heavy atom. The number of anilines is 1. The number of rotatable bonds is 2. The number of fused-ring (bicyclic) bond motifs is 2. The zero-order valence-corrected chi connectivity index (χ0v) is 17.0. The number of para-hydroxylation sites is 1. The van der Waals surface area contributed by atoms with Crippen LogP contribution in [0, 0.1) is 0 Å². The second kappa shape index (κ2) is 8.34. The molecule has 3 aromatic heterocycles. The topological polar surface area (TPSA) is 102 Å². The monoisotopic (exact) mass is 418 g/mol. The van der Waals surface area contributed by atoms with Gasteiger partial charge in [0.1, 0.15) is 11.8 Å². The van der Waals surface area contributed by atoms with Crippen molar-refractivity contribution < 1.29 is 0 Å². The molecule has 2 aromatic carbocycles.